The summed E-state index contributed by atoms with van der Waals surface area (Å²) in [4.78, 5) is 8.93. The van der Waals surface area contributed by atoms with Crippen molar-refractivity contribution in [2.75, 3.05) is 0 Å². The Hall–Kier alpha value is -1.70. The SMILES string of the molecule is CCCCCc1ccnc(-c2ccccc2)n1. The van der Waals surface area contributed by atoms with Gasteiger partial charge in [-0.25, -0.2) is 9.97 Å². The van der Waals surface area contributed by atoms with E-state index in [9.17, 15) is 0 Å². The smallest absolute Gasteiger partial charge is 0.159 e. The van der Waals surface area contributed by atoms with Gasteiger partial charge in [-0.1, -0.05) is 50.1 Å². The lowest BCUT2D eigenvalue weighted by Gasteiger charge is -2.03. The fourth-order valence-corrected chi connectivity index (χ4v) is 1.82. The van der Waals surface area contributed by atoms with Crippen LogP contribution in [0, 0.1) is 0 Å². The highest BCUT2D eigenvalue weighted by Gasteiger charge is 2.01. The van der Waals surface area contributed by atoms with E-state index < -0.39 is 0 Å². The van der Waals surface area contributed by atoms with E-state index in [0.29, 0.717) is 0 Å². The van der Waals surface area contributed by atoms with Gasteiger partial charge in [-0.05, 0) is 18.9 Å². The van der Waals surface area contributed by atoms with Crippen LogP contribution in [-0.4, -0.2) is 9.97 Å². The lowest BCUT2D eigenvalue weighted by molar-refractivity contribution is 0.706. The van der Waals surface area contributed by atoms with Crippen molar-refractivity contribution in [3.63, 3.8) is 0 Å². The third-order valence-corrected chi connectivity index (χ3v) is 2.78. The molecular formula is C15H18N2. The molecule has 1 aromatic heterocycles. The molecular weight excluding hydrogens is 208 g/mol. The minimum Gasteiger partial charge on any atom is -0.237 e. The second-order valence-corrected chi connectivity index (χ2v) is 4.19. The summed E-state index contributed by atoms with van der Waals surface area (Å²) in [5.74, 6) is 0.833. The van der Waals surface area contributed by atoms with Crippen LogP contribution in [0.3, 0.4) is 0 Å². The summed E-state index contributed by atoms with van der Waals surface area (Å²) in [6, 6.07) is 12.2. The number of rotatable bonds is 5. The Balaban J connectivity index is 2.12. The first-order valence-electron chi connectivity index (χ1n) is 6.27. The molecule has 0 atom stereocenters. The van der Waals surface area contributed by atoms with E-state index in [4.69, 9.17) is 0 Å². The van der Waals surface area contributed by atoms with Gasteiger partial charge in [0.05, 0.1) is 0 Å². The van der Waals surface area contributed by atoms with Crippen molar-refractivity contribution in [3.05, 3.63) is 48.3 Å². The Morgan fingerprint density at radius 1 is 1.00 bits per heavy atom. The van der Waals surface area contributed by atoms with E-state index >= 15 is 0 Å². The normalized spacial score (nSPS) is 10.4. The first-order chi connectivity index (χ1) is 8.40. The largest absolute Gasteiger partial charge is 0.237 e. The molecule has 0 saturated carbocycles. The van der Waals surface area contributed by atoms with Crippen LogP contribution in [0.1, 0.15) is 31.9 Å². The Bertz CT molecular complexity index is 451. The molecule has 2 aromatic rings. The average molecular weight is 226 g/mol. The Morgan fingerprint density at radius 2 is 1.82 bits per heavy atom. The van der Waals surface area contributed by atoms with Gasteiger partial charge in [0.25, 0.3) is 0 Å². The van der Waals surface area contributed by atoms with Crippen molar-refractivity contribution >= 4 is 0 Å². The lowest BCUT2D eigenvalue weighted by Crippen LogP contribution is -1.95. The zero-order valence-electron chi connectivity index (χ0n) is 10.3. The van der Waals surface area contributed by atoms with Crippen LogP contribution in [0.2, 0.25) is 0 Å². The van der Waals surface area contributed by atoms with Crippen molar-refractivity contribution in [3.8, 4) is 11.4 Å². The van der Waals surface area contributed by atoms with Crippen LogP contribution in [0.5, 0.6) is 0 Å². The number of benzene rings is 1. The maximum absolute atomic E-state index is 4.60. The minimum atomic E-state index is 0.833. The third-order valence-electron chi connectivity index (χ3n) is 2.78. The van der Waals surface area contributed by atoms with Crippen molar-refractivity contribution < 1.29 is 0 Å². The molecule has 2 rings (SSSR count). The van der Waals surface area contributed by atoms with Crippen LogP contribution in [0.25, 0.3) is 11.4 Å². The number of hydrogen-bond donors (Lipinski definition) is 0. The molecule has 1 aromatic carbocycles. The topological polar surface area (TPSA) is 25.8 Å². The van der Waals surface area contributed by atoms with E-state index in [1.165, 1.54) is 19.3 Å². The highest BCUT2D eigenvalue weighted by molar-refractivity contribution is 5.54. The van der Waals surface area contributed by atoms with Crippen molar-refractivity contribution in [1.82, 2.24) is 9.97 Å². The van der Waals surface area contributed by atoms with Gasteiger partial charge in [-0.3, -0.25) is 0 Å². The molecule has 88 valence electrons. The highest BCUT2D eigenvalue weighted by atomic mass is 14.9. The molecule has 1 heterocycles. The third kappa shape index (κ3) is 3.38. The summed E-state index contributed by atoms with van der Waals surface area (Å²) in [6.07, 6.45) is 6.63. The van der Waals surface area contributed by atoms with Gasteiger partial charge < -0.3 is 0 Å². The molecule has 2 nitrogen and oxygen atoms in total. The van der Waals surface area contributed by atoms with Gasteiger partial charge in [-0.2, -0.15) is 0 Å². The molecule has 2 heteroatoms. The molecule has 0 unspecified atom stereocenters. The first-order valence-corrected chi connectivity index (χ1v) is 6.27. The molecule has 0 aliphatic rings. The molecule has 0 fully saturated rings. The van der Waals surface area contributed by atoms with Crippen LogP contribution in [-0.2, 0) is 6.42 Å². The average Bonchev–Trinajstić information content (AvgIpc) is 2.41. The van der Waals surface area contributed by atoms with Gasteiger partial charge in [0.15, 0.2) is 5.82 Å². The number of aryl methyl sites for hydroxylation is 1. The molecule has 0 amide bonds. The highest BCUT2D eigenvalue weighted by Crippen LogP contribution is 2.14. The van der Waals surface area contributed by atoms with Gasteiger partial charge in [-0.15, -0.1) is 0 Å². The molecule has 0 N–H and O–H groups in total. The summed E-state index contributed by atoms with van der Waals surface area (Å²) in [7, 11) is 0. The Kier molecular flexibility index (Phi) is 4.25. The van der Waals surface area contributed by atoms with Crippen LogP contribution >= 0.6 is 0 Å². The molecule has 0 bridgehead atoms. The fraction of sp³-hybridized carbons (Fsp3) is 0.333. The van der Waals surface area contributed by atoms with E-state index in [2.05, 4.69) is 16.9 Å². The van der Waals surface area contributed by atoms with Crippen LogP contribution < -0.4 is 0 Å². The molecule has 0 aliphatic heterocycles. The van der Waals surface area contributed by atoms with Crippen molar-refractivity contribution in [2.45, 2.75) is 32.6 Å². The predicted molar refractivity (Wildman–Crippen MR) is 70.7 cm³/mol. The number of hydrogen-bond acceptors (Lipinski definition) is 2. The summed E-state index contributed by atoms with van der Waals surface area (Å²) in [5.41, 5.74) is 2.23. The van der Waals surface area contributed by atoms with E-state index in [-0.39, 0.29) is 0 Å². The second kappa shape index (κ2) is 6.14. The minimum absolute atomic E-state index is 0.833. The molecule has 17 heavy (non-hydrogen) atoms. The second-order valence-electron chi connectivity index (χ2n) is 4.19. The molecule has 0 aliphatic carbocycles. The Labute approximate surface area is 103 Å². The summed E-state index contributed by atoms with van der Waals surface area (Å²) in [5, 5.41) is 0. The van der Waals surface area contributed by atoms with Crippen LogP contribution in [0.4, 0.5) is 0 Å². The van der Waals surface area contributed by atoms with Gasteiger partial charge in [0.2, 0.25) is 0 Å². The lowest BCUT2D eigenvalue weighted by atomic mass is 10.1. The molecule has 0 radical (unpaired) electrons. The maximum atomic E-state index is 4.60. The van der Waals surface area contributed by atoms with Gasteiger partial charge in [0, 0.05) is 17.5 Å². The summed E-state index contributed by atoms with van der Waals surface area (Å²) >= 11 is 0. The number of nitrogens with zero attached hydrogens (tertiary/aromatic N) is 2. The quantitative estimate of drug-likeness (QED) is 0.723. The van der Waals surface area contributed by atoms with Gasteiger partial charge >= 0.3 is 0 Å². The maximum Gasteiger partial charge on any atom is 0.159 e. The molecule has 0 saturated heterocycles. The number of aromatic nitrogens is 2. The fourth-order valence-electron chi connectivity index (χ4n) is 1.82. The monoisotopic (exact) mass is 226 g/mol. The van der Waals surface area contributed by atoms with Crippen molar-refractivity contribution in [2.24, 2.45) is 0 Å². The first kappa shape index (κ1) is 11.8. The predicted octanol–water partition coefficient (Wildman–Crippen LogP) is 3.88. The standard InChI is InChI=1S/C15H18N2/c1-2-3-5-10-14-11-12-16-15(17-14)13-8-6-4-7-9-13/h4,6-9,11-12H,2-3,5,10H2,1H3. The zero-order chi connectivity index (χ0) is 11.9. The summed E-state index contributed by atoms with van der Waals surface area (Å²) < 4.78 is 0. The van der Waals surface area contributed by atoms with Crippen LogP contribution in [0.15, 0.2) is 42.6 Å². The summed E-state index contributed by atoms with van der Waals surface area (Å²) in [6.45, 7) is 2.22. The zero-order valence-corrected chi connectivity index (χ0v) is 10.3. The van der Waals surface area contributed by atoms with Crippen molar-refractivity contribution in [1.29, 1.82) is 0 Å². The van der Waals surface area contributed by atoms with Gasteiger partial charge in [0.1, 0.15) is 0 Å². The van der Waals surface area contributed by atoms with E-state index in [0.717, 1.165) is 23.5 Å². The molecule has 0 spiro atoms. The van der Waals surface area contributed by atoms with E-state index in [1.54, 1.807) is 0 Å². The van der Waals surface area contributed by atoms with E-state index in [1.807, 2.05) is 42.6 Å². The number of unbranched alkanes of at least 4 members (excludes halogenated alkanes) is 2. The Morgan fingerprint density at radius 3 is 2.59 bits per heavy atom.